The third kappa shape index (κ3) is 10.4. The molecule has 0 aliphatic rings. The molecule has 0 bridgehead atoms. The highest BCUT2D eigenvalue weighted by atomic mass is 127. The van der Waals surface area contributed by atoms with Crippen LogP contribution in [0.5, 0.6) is 0 Å². The Morgan fingerprint density at radius 1 is 1.03 bits per heavy atom. The van der Waals surface area contributed by atoms with E-state index in [9.17, 15) is 12.8 Å². The Balaban J connectivity index is 0.00000480. The van der Waals surface area contributed by atoms with Crippen LogP contribution in [0.1, 0.15) is 36.1 Å². The van der Waals surface area contributed by atoms with Gasteiger partial charge in [-0.2, -0.15) is 0 Å². The third-order valence-corrected chi connectivity index (χ3v) is 5.16. The lowest BCUT2D eigenvalue weighted by Gasteiger charge is -2.15. The molecule has 0 saturated heterocycles. The van der Waals surface area contributed by atoms with Crippen molar-refractivity contribution in [3.63, 3.8) is 0 Å². The van der Waals surface area contributed by atoms with Crippen molar-refractivity contribution < 1.29 is 17.5 Å². The van der Waals surface area contributed by atoms with E-state index in [1.165, 1.54) is 18.2 Å². The van der Waals surface area contributed by atoms with Crippen LogP contribution in [0.3, 0.4) is 0 Å². The summed E-state index contributed by atoms with van der Waals surface area (Å²) in [6.45, 7) is 5.41. The van der Waals surface area contributed by atoms with E-state index in [0.717, 1.165) is 17.4 Å². The molecule has 0 fully saturated rings. The maximum Gasteiger partial charge on any atom is 0.191 e. The van der Waals surface area contributed by atoms with Gasteiger partial charge in [0.25, 0.3) is 0 Å². The Bertz CT molecular complexity index is 964. The fraction of sp³-hybridized carbons (Fsp3) is 0.409. The average molecular weight is 563 g/mol. The summed E-state index contributed by atoms with van der Waals surface area (Å²) in [4.78, 5) is 4.17. The van der Waals surface area contributed by atoms with Crippen LogP contribution in [-0.2, 0) is 40.0 Å². The molecule has 0 spiro atoms. The van der Waals surface area contributed by atoms with Gasteiger partial charge in [0, 0.05) is 26.4 Å². The van der Waals surface area contributed by atoms with Gasteiger partial charge in [-0.05, 0) is 48.2 Å². The summed E-state index contributed by atoms with van der Waals surface area (Å²) in [6.07, 6.45) is 1.35. The molecule has 2 aromatic carbocycles. The molecule has 172 valence electrons. The van der Waals surface area contributed by atoms with Crippen LogP contribution in [-0.4, -0.2) is 33.8 Å². The molecule has 0 aromatic heterocycles. The number of rotatable bonds is 9. The van der Waals surface area contributed by atoms with Gasteiger partial charge in [-0.1, -0.05) is 30.3 Å². The van der Waals surface area contributed by atoms with E-state index in [1.807, 2.05) is 38.1 Å². The summed E-state index contributed by atoms with van der Waals surface area (Å²) in [7, 11) is -1.58. The molecule has 0 saturated carbocycles. The van der Waals surface area contributed by atoms with E-state index in [-0.39, 0.29) is 42.4 Å². The third-order valence-electron chi connectivity index (χ3n) is 4.32. The zero-order chi connectivity index (χ0) is 22.1. The van der Waals surface area contributed by atoms with Crippen LogP contribution >= 0.6 is 24.0 Å². The summed E-state index contributed by atoms with van der Waals surface area (Å²) in [5, 5.41) is 6.31. The van der Waals surface area contributed by atoms with Crippen molar-refractivity contribution in [1.82, 2.24) is 10.6 Å². The van der Waals surface area contributed by atoms with Gasteiger partial charge in [0.1, 0.15) is 5.82 Å². The Hall–Kier alpha value is -1.72. The second-order valence-electron chi connectivity index (χ2n) is 7.44. The molecule has 0 aliphatic carbocycles. The van der Waals surface area contributed by atoms with Gasteiger partial charge in [0.05, 0.1) is 18.5 Å². The van der Waals surface area contributed by atoms with Crippen molar-refractivity contribution in [2.75, 3.05) is 13.3 Å². The standard InChI is InChI=1S/C22H30FN3O3S.HI/c1-16(2)29-14-18-7-5-17(6-8-18)12-25-22(24-3)26-13-20-11-21(23)10-9-19(20)15-30(4,27)28;/h5-11,16H,12-15H2,1-4H3,(H2,24,25,26);1H. The highest BCUT2D eigenvalue weighted by molar-refractivity contribution is 14.0. The highest BCUT2D eigenvalue weighted by Crippen LogP contribution is 2.14. The molecular weight excluding hydrogens is 532 g/mol. The second kappa shape index (κ2) is 13.0. The molecule has 0 radical (unpaired) electrons. The number of sulfone groups is 1. The topological polar surface area (TPSA) is 79.8 Å². The second-order valence-corrected chi connectivity index (χ2v) is 9.58. The van der Waals surface area contributed by atoms with Crippen molar-refractivity contribution in [2.45, 2.75) is 45.4 Å². The number of aliphatic imine (C=N–C) groups is 1. The molecule has 0 aliphatic heterocycles. The first kappa shape index (κ1) is 27.3. The molecule has 2 N–H and O–H groups in total. The first-order valence-electron chi connectivity index (χ1n) is 9.75. The molecule has 0 amide bonds. The summed E-state index contributed by atoms with van der Waals surface area (Å²) >= 11 is 0. The number of halogens is 2. The smallest absolute Gasteiger partial charge is 0.191 e. The number of ether oxygens (including phenoxy) is 1. The molecule has 9 heteroatoms. The molecule has 0 atom stereocenters. The van der Waals surface area contributed by atoms with Gasteiger partial charge in [-0.3, -0.25) is 4.99 Å². The van der Waals surface area contributed by atoms with Crippen LogP contribution in [0.4, 0.5) is 4.39 Å². The number of guanidine groups is 1. The molecule has 0 unspecified atom stereocenters. The Morgan fingerprint density at radius 2 is 1.65 bits per heavy atom. The fourth-order valence-electron chi connectivity index (χ4n) is 2.78. The minimum atomic E-state index is -3.22. The molecule has 0 heterocycles. The predicted octanol–water partition coefficient (Wildman–Crippen LogP) is 3.78. The maximum absolute atomic E-state index is 13.7. The summed E-state index contributed by atoms with van der Waals surface area (Å²) in [5.41, 5.74) is 3.34. The normalized spacial score (nSPS) is 11.9. The zero-order valence-corrected chi connectivity index (χ0v) is 21.5. The van der Waals surface area contributed by atoms with Crippen molar-refractivity contribution in [3.8, 4) is 0 Å². The van der Waals surface area contributed by atoms with Crippen molar-refractivity contribution in [2.24, 2.45) is 4.99 Å². The van der Waals surface area contributed by atoms with Crippen LogP contribution in [0.25, 0.3) is 0 Å². The van der Waals surface area contributed by atoms with E-state index < -0.39 is 15.7 Å². The monoisotopic (exact) mass is 563 g/mol. The number of hydrogen-bond donors (Lipinski definition) is 2. The largest absolute Gasteiger partial charge is 0.374 e. The van der Waals surface area contributed by atoms with Crippen molar-refractivity contribution >= 4 is 39.8 Å². The van der Waals surface area contributed by atoms with E-state index >= 15 is 0 Å². The first-order chi connectivity index (χ1) is 14.2. The lowest BCUT2D eigenvalue weighted by atomic mass is 10.1. The van der Waals surface area contributed by atoms with Crippen LogP contribution < -0.4 is 10.6 Å². The van der Waals surface area contributed by atoms with Crippen LogP contribution in [0.15, 0.2) is 47.5 Å². The van der Waals surface area contributed by atoms with Gasteiger partial charge in [0.2, 0.25) is 0 Å². The van der Waals surface area contributed by atoms with Gasteiger partial charge in [0.15, 0.2) is 15.8 Å². The zero-order valence-electron chi connectivity index (χ0n) is 18.3. The van der Waals surface area contributed by atoms with Crippen LogP contribution in [0.2, 0.25) is 0 Å². The van der Waals surface area contributed by atoms with Gasteiger partial charge in [-0.25, -0.2) is 12.8 Å². The van der Waals surface area contributed by atoms with E-state index in [2.05, 4.69) is 15.6 Å². The van der Waals surface area contributed by atoms with Gasteiger partial charge >= 0.3 is 0 Å². The predicted molar refractivity (Wildman–Crippen MR) is 134 cm³/mol. The lowest BCUT2D eigenvalue weighted by molar-refractivity contribution is 0.0657. The minimum absolute atomic E-state index is 0. The van der Waals surface area contributed by atoms with Crippen molar-refractivity contribution in [1.29, 1.82) is 0 Å². The Labute approximate surface area is 201 Å². The molecular formula is C22H31FIN3O3S. The first-order valence-corrected chi connectivity index (χ1v) is 11.8. The van der Waals surface area contributed by atoms with E-state index in [4.69, 9.17) is 4.74 Å². The lowest BCUT2D eigenvalue weighted by Crippen LogP contribution is -2.36. The number of nitrogens with zero attached hydrogens (tertiary/aromatic N) is 1. The molecule has 31 heavy (non-hydrogen) atoms. The fourth-order valence-corrected chi connectivity index (χ4v) is 3.63. The Morgan fingerprint density at radius 3 is 2.23 bits per heavy atom. The highest BCUT2D eigenvalue weighted by Gasteiger charge is 2.11. The number of benzene rings is 2. The molecule has 6 nitrogen and oxygen atoms in total. The molecule has 2 rings (SSSR count). The van der Waals surface area contributed by atoms with Gasteiger partial charge in [-0.15, -0.1) is 24.0 Å². The quantitative estimate of drug-likeness (QED) is 0.276. The van der Waals surface area contributed by atoms with Crippen molar-refractivity contribution in [3.05, 3.63) is 70.5 Å². The maximum atomic E-state index is 13.7. The SMILES string of the molecule is CN=C(NCc1ccc(COC(C)C)cc1)NCc1cc(F)ccc1CS(C)(=O)=O.I. The average Bonchev–Trinajstić information content (AvgIpc) is 2.68. The number of hydrogen-bond acceptors (Lipinski definition) is 4. The minimum Gasteiger partial charge on any atom is -0.374 e. The van der Waals surface area contributed by atoms with E-state index in [0.29, 0.717) is 30.2 Å². The number of nitrogens with one attached hydrogen (secondary N) is 2. The van der Waals surface area contributed by atoms with E-state index in [1.54, 1.807) is 7.05 Å². The molecule has 2 aromatic rings. The summed E-state index contributed by atoms with van der Waals surface area (Å²) in [6, 6.07) is 12.2. The Kier molecular flexibility index (Phi) is 11.4. The van der Waals surface area contributed by atoms with Gasteiger partial charge < -0.3 is 15.4 Å². The summed E-state index contributed by atoms with van der Waals surface area (Å²) < 4.78 is 42.5. The van der Waals surface area contributed by atoms with Crippen LogP contribution in [0, 0.1) is 5.82 Å². The summed E-state index contributed by atoms with van der Waals surface area (Å²) in [5.74, 6) is -0.00579.